The van der Waals surface area contributed by atoms with E-state index in [2.05, 4.69) is 24.1 Å². The Bertz CT molecular complexity index is 208. The number of hydrogen-bond acceptors (Lipinski definition) is 3. The molecule has 0 aromatic rings. The molecule has 2 heterocycles. The second-order valence-electron chi connectivity index (χ2n) is 5.62. The lowest BCUT2D eigenvalue weighted by Crippen LogP contribution is -2.48. The summed E-state index contributed by atoms with van der Waals surface area (Å²) in [5, 5.41) is 3.77. The monoisotopic (exact) mass is 240 g/mol. The zero-order valence-electron chi connectivity index (χ0n) is 11.5. The van der Waals surface area contributed by atoms with E-state index in [1.54, 1.807) is 0 Å². The summed E-state index contributed by atoms with van der Waals surface area (Å²) >= 11 is 0. The Balaban J connectivity index is 1.66. The molecule has 2 aliphatic rings. The van der Waals surface area contributed by atoms with Crippen LogP contribution in [0.3, 0.4) is 0 Å². The van der Waals surface area contributed by atoms with Crippen LogP contribution in [0.15, 0.2) is 0 Å². The summed E-state index contributed by atoms with van der Waals surface area (Å²) in [5.74, 6) is 0. The maximum Gasteiger partial charge on any atom is 0.0726 e. The second-order valence-corrected chi connectivity index (χ2v) is 5.62. The Morgan fingerprint density at radius 2 is 2.06 bits per heavy atom. The molecule has 0 saturated carbocycles. The van der Waals surface area contributed by atoms with Crippen molar-refractivity contribution in [1.82, 2.24) is 10.2 Å². The minimum absolute atomic E-state index is 0.462. The van der Waals surface area contributed by atoms with Gasteiger partial charge in [0.15, 0.2) is 0 Å². The summed E-state index contributed by atoms with van der Waals surface area (Å²) in [4.78, 5) is 2.59. The van der Waals surface area contributed by atoms with E-state index in [-0.39, 0.29) is 0 Å². The highest BCUT2D eigenvalue weighted by Gasteiger charge is 2.26. The zero-order valence-corrected chi connectivity index (χ0v) is 11.5. The standard InChI is InChI=1S/C14H28N2O/c1-3-8-16-9-6-13(7-10-16)15-12(2)14-5-4-11-17-14/h12-15H,3-11H2,1-2H3. The second kappa shape index (κ2) is 6.72. The van der Waals surface area contributed by atoms with E-state index in [1.165, 1.54) is 51.7 Å². The highest BCUT2D eigenvalue weighted by molar-refractivity contribution is 4.83. The molecular weight excluding hydrogens is 212 g/mol. The van der Waals surface area contributed by atoms with Gasteiger partial charge >= 0.3 is 0 Å². The summed E-state index contributed by atoms with van der Waals surface area (Å²) in [6.07, 6.45) is 6.83. The van der Waals surface area contributed by atoms with Gasteiger partial charge < -0.3 is 15.0 Å². The Hall–Kier alpha value is -0.120. The van der Waals surface area contributed by atoms with Crippen LogP contribution in [0.2, 0.25) is 0 Å². The highest BCUT2D eigenvalue weighted by Crippen LogP contribution is 2.18. The molecule has 0 aromatic carbocycles. The Morgan fingerprint density at radius 3 is 2.65 bits per heavy atom. The largest absolute Gasteiger partial charge is 0.377 e. The molecule has 2 fully saturated rings. The van der Waals surface area contributed by atoms with Crippen molar-refractivity contribution in [1.29, 1.82) is 0 Å². The van der Waals surface area contributed by atoms with Gasteiger partial charge in [0, 0.05) is 18.7 Å². The predicted molar refractivity (Wildman–Crippen MR) is 71.3 cm³/mol. The van der Waals surface area contributed by atoms with E-state index in [4.69, 9.17) is 4.74 Å². The first-order valence-corrected chi connectivity index (χ1v) is 7.39. The average Bonchev–Trinajstić information content (AvgIpc) is 2.86. The van der Waals surface area contributed by atoms with Crippen LogP contribution in [-0.2, 0) is 4.74 Å². The SMILES string of the molecule is CCCN1CCC(NC(C)C2CCCO2)CC1. The fourth-order valence-electron chi connectivity index (χ4n) is 3.12. The fourth-order valence-corrected chi connectivity index (χ4v) is 3.12. The molecule has 0 radical (unpaired) electrons. The van der Waals surface area contributed by atoms with E-state index in [0.29, 0.717) is 18.2 Å². The highest BCUT2D eigenvalue weighted by atomic mass is 16.5. The van der Waals surface area contributed by atoms with Crippen LogP contribution in [0.1, 0.15) is 46.0 Å². The molecule has 2 aliphatic heterocycles. The normalized spacial score (nSPS) is 29.6. The van der Waals surface area contributed by atoms with Crippen molar-refractivity contribution in [2.75, 3.05) is 26.2 Å². The van der Waals surface area contributed by atoms with Crippen molar-refractivity contribution >= 4 is 0 Å². The maximum atomic E-state index is 5.74. The van der Waals surface area contributed by atoms with Crippen LogP contribution in [0.25, 0.3) is 0 Å². The Kier molecular flexibility index (Phi) is 5.26. The van der Waals surface area contributed by atoms with Crippen molar-refractivity contribution in [3.8, 4) is 0 Å². The molecule has 2 saturated heterocycles. The van der Waals surface area contributed by atoms with Gasteiger partial charge in [-0.15, -0.1) is 0 Å². The van der Waals surface area contributed by atoms with Gasteiger partial charge in [0.1, 0.15) is 0 Å². The van der Waals surface area contributed by atoms with Crippen molar-refractivity contribution < 1.29 is 4.74 Å². The third-order valence-electron chi connectivity index (χ3n) is 4.15. The summed E-state index contributed by atoms with van der Waals surface area (Å²) in [6.45, 7) is 9.32. The van der Waals surface area contributed by atoms with E-state index in [1.807, 2.05) is 0 Å². The molecule has 2 unspecified atom stereocenters. The van der Waals surface area contributed by atoms with Gasteiger partial charge in [-0.1, -0.05) is 6.92 Å². The Labute approximate surface area is 106 Å². The summed E-state index contributed by atoms with van der Waals surface area (Å²) in [6, 6.07) is 1.24. The van der Waals surface area contributed by atoms with Gasteiger partial charge in [-0.25, -0.2) is 0 Å². The molecule has 3 nitrogen and oxygen atoms in total. The van der Waals surface area contributed by atoms with Crippen LogP contribution in [0, 0.1) is 0 Å². The molecule has 2 rings (SSSR count). The fraction of sp³-hybridized carbons (Fsp3) is 1.00. The number of rotatable bonds is 5. The average molecular weight is 240 g/mol. The van der Waals surface area contributed by atoms with Crippen molar-refractivity contribution in [2.45, 2.75) is 64.1 Å². The Morgan fingerprint density at radius 1 is 1.29 bits per heavy atom. The summed E-state index contributed by atoms with van der Waals surface area (Å²) in [7, 11) is 0. The molecule has 3 heteroatoms. The van der Waals surface area contributed by atoms with Crippen molar-refractivity contribution in [2.24, 2.45) is 0 Å². The zero-order chi connectivity index (χ0) is 12.1. The maximum absolute atomic E-state index is 5.74. The molecule has 0 aromatic heterocycles. The third kappa shape index (κ3) is 3.94. The van der Waals surface area contributed by atoms with E-state index in [9.17, 15) is 0 Å². The number of nitrogens with one attached hydrogen (secondary N) is 1. The number of piperidine rings is 1. The van der Waals surface area contributed by atoms with Gasteiger partial charge in [-0.05, 0) is 58.7 Å². The third-order valence-corrected chi connectivity index (χ3v) is 4.15. The first kappa shape index (κ1) is 13.3. The number of hydrogen-bond donors (Lipinski definition) is 1. The number of ether oxygens (including phenoxy) is 1. The summed E-state index contributed by atoms with van der Waals surface area (Å²) < 4.78 is 5.74. The molecule has 0 bridgehead atoms. The molecule has 17 heavy (non-hydrogen) atoms. The van der Waals surface area contributed by atoms with E-state index < -0.39 is 0 Å². The molecule has 2 atom stereocenters. The predicted octanol–water partition coefficient (Wildman–Crippen LogP) is 2.02. The minimum atomic E-state index is 0.462. The topological polar surface area (TPSA) is 24.5 Å². The van der Waals surface area contributed by atoms with Crippen molar-refractivity contribution in [3.63, 3.8) is 0 Å². The van der Waals surface area contributed by atoms with Gasteiger partial charge in [0.05, 0.1) is 6.10 Å². The molecular formula is C14H28N2O. The van der Waals surface area contributed by atoms with Gasteiger partial charge in [0.2, 0.25) is 0 Å². The smallest absolute Gasteiger partial charge is 0.0726 e. The minimum Gasteiger partial charge on any atom is -0.377 e. The summed E-state index contributed by atoms with van der Waals surface area (Å²) in [5.41, 5.74) is 0. The van der Waals surface area contributed by atoms with Gasteiger partial charge in [0.25, 0.3) is 0 Å². The van der Waals surface area contributed by atoms with Crippen molar-refractivity contribution in [3.05, 3.63) is 0 Å². The molecule has 100 valence electrons. The van der Waals surface area contributed by atoms with E-state index >= 15 is 0 Å². The van der Waals surface area contributed by atoms with Crippen LogP contribution in [0.4, 0.5) is 0 Å². The van der Waals surface area contributed by atoms with Crippen LogP contribution < -0.4 is 5.32 Å². The number of likely N-dealkylation sites (tertiary alicyclic amines) is 1. The molecule has 0 aliphatic carbocycles. The van der Waals surface area contributed by atoms with Crippen LogP contribution >= 0.6 is 0 Å². The molecule has 0 amide bonds. The van der Waals surface area contributed by atoms with Gasteiger partial charge in [-0.2, -0.15) is 0 Å². The quantitative estimate of drug-likeness (QED) is 0.795. The van der Waals surface area contributed by atoms with Gasteiger partial charge in [-0.3, -0.25) is 0 Å². The van der Waals surface area contributed by atoms with Crippen LogP contribution in [-0.4, -0.2) is 49.3 Å². The lowest BCUT2D eigenvalue weighted by molar-refractivity contribution is 0.0742. The lowest BCUT2D eigenvalue weighted by atomic mass is 10.0. The van der Waals surface area contributed by atoms with E-state index in [0.717, 1.165) is 6.61 Å². The molecule has 0 spiro atoms. The lowest BCUT2D eigenvalue weighted by Gasteiger charge is -2.34. The number of nitrogens with zero attached hydrogens (tertiary/aromatic N) is 1. The first-order valence-electron chi connectivity index (χ1n) is 7.39. The first-order chi connectivity index (χ1) is 8.29. The molecule has 1 N–H and O–H groups in total. The van der Waals surface area contributed by atoms with Crippen LogP contribution in [0.5, 0.6) is 0 Å².